The molecule has 4 rings (SSSR count). The lowest BCUT2D eigenvalue weighted by molar-refractivity contribution is -0.129. The van der Waals surface area contributed by atoms with Gasteiger partial charge in [-0.1, -0.05) is 12.1 Å². The monoisotopic (exact) mass is 385 g/mol. The first-order chi connectivity index (χ1) is 12.8. The largest absolute Gasteiger partial charge is 0.439 e. The maximum absolute atomic E-state index is 12.9. The maximum atomic E-state index is 12.9. The molecule has 2 heterocycles. The van der Waals surface area contributed by atoms with Crippen molar-refractivity contribution in [2.24, 2.45) is 0 Å². The highest BCUT2D eigenvalue weighted by molar-refractivity contribution is 7.92. The Morgan fingerprint density at radius 1 is 1.22 bits per heavy atom. The number of amides is 1. The fourth-order valence-electron chi connectivity index (χ4n) is 3.31. The predicted molar refractivity (Wildman–Crippen MR) is 101 cm³/mol. The van der Waals surface area contributed by atoms with E-state index >= 15 is 0 Å². The Balaban J connectivity index is 1.68. The van der Waals surface area contributed by atoms with Gasteiger partial charge in [0.15, 0.2) is 11.5 Å². The van der Waals surface area contributed by atoms with Crippen LogP contribution in [0.4, 0.5) is 5.69 Å². The van der Waals surface area contributed by atoms with Crippen molar-refractivity contribution < 1.29 is 17.6 Å². The van der Waals surface area contributed by atoms with E-state index in [4.69, 9.17) is 4.42 Å². The molecule has 1 aliphatic heterocycles. The van der Waals surface area contributed by atoms with E-state index in [2.05, 4.69) is 9.71 Å². The number of aromatic nitrogens is 1. The minimum Gasteiger partial charge on any atom is -0.439 e. The van der Waals surface area contributed by atoms with Crippen LogP contribution in [0.25, 0.3) is 11.1 Å². The molecule has 1 aliphatic rings. The third-order valence-corrected chi connectivity index (χ3v) is 6.08. The van der Waals surface area contributed by atoms with Gasteiger partial charge in [-0.3, -0.25) is 9.52 Å². The quantitative estimate of drug-likeness (QED) is 0.748. The Morgan fingerprint density at radius 2 is 2.04 bits per heavy atom. The molecule has 0 atom stereocenters. The van der Waals surface area contributed by atoms with Crippen LogP contribution in [0.1, 0.15) is 23.9 Å². The summed E-state index contributed by atoms with van der Waals surface area (Å²) in [5.41, 5.74) is 3.26. The van der Waals surface area contributed by atoms with Crippen LogP contribution in [0.3, 0.4) is 0 Å². The summed E-state index contributed by atoms with van der Waals surface area (Å²) in [7, 11) is -3.81. The average Bonchev–Trinajstić information content (AvgIpc) is 3.02. The Morgan fingerprint density at radius 3 is 2.81 bits per heavy atom. The second kappa shape index (κ2) is 6.38. The molecule has 1 amide bonds. The number of hydrogen-bond donors (Lipinski definition) is 1. The zero-order valence-corrected chi connectivity index (χ0v) is 15.8. The van der Waals surface area contributed by atoms with Crippen molar-refractivity contribution in [1.82, 2.24) is 9.88 Å². The number of carbonyl (C=O) groups is 1. The lowest BCUT2D eigenvalue weighted by Gasteiger charge is -2.28. The maximum Gasteiger partial charge on any atom is 0.262 e. The van der Waals surface area contributed by atoms with Gasteiger partial charge in [0.05, 0.1) is 10.6 Å². The van der Waals surface area contributed by atoms with Gasteiger partial charge in [-0.05, 0) is 41.8 Å². The summed E-state index contributed by atoms with van der Waals surface area (Å²) in [5, 5.41) is 0. The number of aryl methyl sites for hydroxylation is 1. The molecule has 3 aromatic rings. The molecule has 0 radical (unpaired) electrons. The summed E-state index contributed by atoms with van der Waals surface area (Å²) in [6.07, 6.45) is 0.722. The van der Waals surface area contributed by atoms with E-state index in [0.29, 0.717) is 35.8 Å². The number of benzene rings is 2. The van der Waals surface area contributed by atoms with Crippen LogP contribution in [-0.2, 0) is 27.8 Å². The van der Waals surface area contributed by atoms with Gasteiger partial charge in [0.2, 0.25) is 5.91 Å². The minimum atomic E-state index is -3.81. The van der Waals surface area contributed by atoms with Crippen LogP contribution >= 0.6 is 0 Å². The number of carbonyl (C=O) groups excluding carboxylic acids is 1. The number of anilines is 1. The Bertz CT molecular complexity index is 1150. The molecule has 27 heavy (non-hydrogen) atoms. The molecule has 0 fully saturated rings. The lowest BCUT2D eigenvalue weighted by atomic mass is 10.00. The van der Waals surface area contributed by atoms with Crippen LogP contribution in [0.15, 0.2) is 45.7 Å². The molecule has 1 N–H and O–H groups in total. The van der Waals surface area contributed by atoms with Gasteiger partial charge >= 0.3 is 0 Å². The highest BCUT2D eigenvalue weighted by Crippen LogP contribution is 2.28. The Kier molecular flexibility index (Phi) is 4.15. The molecule has 8 heteroatoms. The Labute approximate surface area is 157 Å². The summed E-state index contributed by atoms with van der Waals surface area (Å²) in [6, 6.07) is 10.2. The summed E-state index contributed by atoms with van der Waals surface area (Å²) in [4.78, 5) is 17.7. The molecule has 0 unspecified atom stereocenters. The van der Waals surface area contributed by atoms with Crippen molar-refractivity contribution in [3.05, 3.63) is 53.4 Å². The molecule has 2 aromatic carbocycles. The summed E-state index contributed by atoms with van der Waals surface area (Å²) in [6.45, 7) is 4.31. The van der Waals surface area contributed by atoms with Crippen molar-refractivity contribution in [2.75, 3.05) is 11.3 Å². The number of rotatable bonds is 3. The normalized spacial score (nSPS) is 14.2. The summed E-state index contributed by atoms with van der Waals surface area (Å²) in [5.74, 6) is 0.453. The zero-order chi connectivity index (χ0) is 19.2. The Hall–Kier alpha value is -2.87. The molecule has 1 aromatic heterocycles. The van der Waals surface area contributed by atoms with Gasteiger partial charge in [-0.15, -0.1) is 0 Å². The van der Waals surface area contributed by atoms with Crippen LogP contribution in [-0.4, -0.2) is 30.8 Å². The SMILES string of the molecule is CC(=O)N1CCc2ccc(S(=O)(=O)Nc3cccc4nc(C)oc34)cc2C1. The van der Waals surface area contributed by atoms with E-state index in [-0.39, 0.29) is 10.8 Å². The second-order valence-electron chi connectivity index (χ2n) is 6.61. The number of nitrogens with one attached hydrogen (secondary N) is 1. The van der Waals surface area contributed by atoms with E-state index in [9.17, 15) is 13.2 Å². The summed E-state index contributed by atoms with van der Waals surface area (Å²) < 4.78 is 33.9. The number of fused-ring (bicyclic) bond motifs is 2. The van der Waals surface area contributed by atoms with Crippen molar-refractivity contribution in [3.63, 3.8) is 0 Å². The van der Waals surface area contributed by atoms with Crippen LogP contribution < -0.4 is 4.72 Å². The van der Waals surface area contributed by atoms with Gasteiger partial charge < -0.3 is 9.32 Å². The van der Waals surface area contributed by atoms with E-state index < -0.39 is 10.0 Å². The number of sulfonamides is 1. The van der Waals surface area contributed by atoms with Crippen LogP contribution in [0.2, 0.25) is 0 Å². The predicted octanol–water partition coefficient (Wildman–Crippen LogP) is 2.84. The summed E-state index contributed by atoms with van der Waals surface area (Å²) >= 11 is 0. The third-order valence-electron chi connectivity index (χ3n) is 4.71. The first-order valence-corrected chi connectivity index (χ1v) is 10.1. The standard InChI is InChI=1S/C19H19N3O4S/c1-12-20-17-4-3-5-18(19(17)26-12)21-27(24,25)16-7-6-14-8-9-22(13(2)23)11-15(14)10-16/h3-7,10,21H,8-9,11H2,1-2H3. The number of hydrogen-bond acceptors (Lipinski definition) is 5. The molecule has 140 valence electrons. The fraction of sp³-hybridized carbons (Fsp3) is 0.263. The number of oxazole rings is 1. The molecule has 0 aliphatic carbocycles. The second-order valence-corrected chi connectivity index (χ2v) is 8.30. The molecule has 7 nitrogen and oxygen atoms in total. The number of para-hydroxylation sites is 1. The van der Waals surface area contributed by atoms with Crippen molar-refractivity contribution in [2.45, 2.75) is 31.7 Å². The zero-order valence-electron chi connectivity index (χ0n) is 15.0. The van der Waals surface area contributed by atoms with Crippen molar-refractivity contribution in [1.29, 1.82) is 0 Å². The van der Waals surface area contributed by atoms with Gasteiger partial charge in [0.25, 0.3) is 10.0 Å². The van der Waals surface area contributed by atoms with E-state index in [1.165, 1.54) is 6.92 Å². The average molecular weight is 385 g/mol. The van der Waals surface area contributed by atoms with Gasteiger partial charge in [0, 0.05) is 26.9 Å². The topological polar surface area (TPSA) is 92.5 Å². The van der Waals surface area contributed by atoms with Gasteiger partial charge in [-0.2, -0.15) is 0 Å². The minimum absolute atomic E-state index is 0.0144. The van der Waals surface area contributed by atoms with Crippen molar-refractivity contribution >= 4 is 32.7 Å². The molecule has 0 spiro atoms. The molecule has 0 bridgehead atoms. The van der Waals surface area contributed by atoms with E-state index in [1.54, 1.807) is 42.2 Å². The highest BCUT2D eigenvalue weighted by atomic mass is 32.2. The van der Waals surface area contributed by atoms with Crippen LogP contribution in [0.5, 0.6) is 0 Å². The van der Waals surface area contributed by atoms with Crippen molar-refractivity contribution in [3.8, 4) is 0 Å². The van der Waals surface area contributed by atoms with E-state index in [0.717, 1.165) is 17.5 Å². The van der Waals surface area contributed by atoms with Gasteiger partial charge in [0.1, 0.15) is 5.52 Å². The molecule has 0 saturated carbocycles. The fourth-order valence-corrected chi connectivity index (χ4v) is 4.43. The molecular formula is C19H19N3O4S. The lowest BCUT2D eigenvalue weighted by Crippen LogP contribution is -2.34. The first-order valence-electron chi connectivity index (χ1n) is 8.60. The molecular weight excluding hydrogens is 366 g/mol. The van der Waals surface area contributed by atoms with Gasteiger partial charge in [-0.25, -0.2) is 13.4 Å². The van der Waals surface area contributed by atoms with E-state index in [1.807, 2.05) is 6.07 Å². The molecule has 0 saturated heterocycles. The van der Waals surface area contributed by atoms with Crippen LogP contribution in [0, 0.1) is 6.92 Å². The first kappa shape index (κ1) is 17.5. The third kappa shape index (κ3) is 3.28. The smallest absolute Gasteiger partial charge is 0.262 e. The number of nitrogens with zero attached hydrogens (tertiary/aromatic N) is 2. The highest BCUT2D eigenvalue weighted by Gasteiger charge is 2.22.